The molecule has 0 aromatic heterocycles. The smallest absolute Gasteiger partial charge is 0.339 e. The summed E-state index contributed by atoms with van der Waals surface area (Å²) in [5, 5.41) is 10.3. The van der Waals surface area contributed by atoms with E-state index >= 15 is 0 Å². The molecule has 0 bridgehead atoms. The number of aliphatic hydroxyl groups is 1. The van der Waals surface area contributed by atoms with Crippen LogP contribution in [0.5, 0.6) is 0 Å². The van der Waals surface area contributed by atoms with Crippen molar-refractivity contribution < 1.29 is 14.6 Å². The third-order valence-electron chi connectivity index (χ3n) is 3.36. The second-order valence-corrected chi connectivity index (χ2v) is 4.67. The van der Waals surface area contributed by atoms with Gasteiger partial charge in [0.05, 0.1) is 11.7 Å². The normalized spacial score (nSPS) is 18.8. The summed E-state index contributed by atoms with van der Waals surface area (Å²) in [7, 11) is 0. The van der Waals surface area contributed by atoms with Crippen LogP contribution in [0.2, 0.25) is 0 Å². The number of cyclic esters (lactones) is 1. The highest BCUT2D eigenvalue weighted by Crippen LogP contribution is 2.33. The van der Waals surface area contributed by atoms with E-state index in [0.717, 1.165) is 11.1 Å². The maximum atomic E-state index is 11.7. The Bertz CT molecular complexity index is 592. The molecule has 2 atom stereocenters. The summed E-state index contributed by atoms with van der Waals surface area (Å²) < 4.78 is 5.28. The SMILES string of the molecule is O=C1O[C@@H]([C@H](O)Cc2ccccc2)c2ccccc21. The van der Waals surface area contributed by atoms with E-state index in [4.69, 9.17) is 4.74 Å². The highest BCUT2D eigenvalue weighted by molar-refractivity contribution is 5.94. The Labute approximate surface area is 111 Å². The first-order chi connectivity index (χ1) is 9.25. The molecule has 1 aliphatic rings. The Hall–Kier alpha value is -2.13. The van der Waals surface area contributed by atoms with Crippen molar-refractivity contribution >= 4 is 5.97 Å². The van der Waals surface area contributed by atoms with Crippen molar-refractivity contribution in [3.8, 4) is 0 Å². The standard InChI is InChI=1S/C16H14O3/c17-14(10-11-6-2-1-3-7-11)15-12-8-4-5-9-13(12)16(18)19-15/h1-9,14-15,17H,10H2/t14-,15-/m1/s1. The van der Waals surface area contributed by atoms with Gasteiger partial charge in [-0.3, -0.25) is 0 Å². The van der Waals surface area contributed by atoms with Crippen molar-refractivity contribution in [1.29, 1.82) is 0 Å². The van der Waals surface area contributed by atoms with E-state index in [9.17, 15) is 9.90 Å². The molecule has 0 saturated carbocycles. The molecule has 0 aliphatic carbocycles. The van der Waals surface area contributed by atoms with E-state index in [1.54, 1.807) is 12.1 Å². The average Bonchev–Trinajstić information content (AvgIpc) is 2.78. The predicted molar refractivity (Wildman–Crippen MR) is 70.8 cm³/mol. The number of hydrogen-bond donors (Lipinski definition) is 1. The Morgan fingerprint density at radius 3 is 2.53 bits per heavy atom. The second-order valence-electron chi connectivity index (χ2n) is 4.67. The Morgan fingerprint density at radius 1 is 1.05 bits per heavy atom. The highest BCUT2D eigenvalue weighted by atomic mass is 16.6. The lowest BCUT2D eigenvalue weighted by molar-refractivity contribution is -0.00892. The van der Waals surface area contributed by atoms with Crippen LogP contribution in [0.4, 0.5) is 0 Å². The first kappa shape index (κ1) is 11.9. The van der Waals surface area contributed by atoms with E-state index in [1.165, 1.54) is 0 Å². The number of fused-ring (bicyclic) bond motifs is 1. The topological polar surface area (TPSA) is 46.5 Å². The molecule has 1 heterocycles. The predicted octanol–water partition coefficient (Wildman–Crippen LogP) is 2.50. The molecule has 3 heteroatoms. The summed E-state index contributed by atoms with van der Waals surface area (Å²) in [4.78, 5) is 11.7. The number of hydrogen-bond acceptors (Lipinski definition) is 3. The molecule has 0 unspecified atom stereocenters. The van der Waals surface area contributed by atoms with Crippen LogP contribution < -0.4 is 0 Å². The number of carbonyl (C=O) groups is 1. The lowest BCUT2D eigenvalue weighted by Crippen LogP contribution is -2.21. The van der Waals surface area contributed by atoms with E-state index < -0.39 is 12.2 Å². The molecule has 1 aliphatic heterocycles. The van der Waals surface area contributed by atoms with Gasteiger partial charge in [-0.05, 0) is 11.6 Å². The minimum absolute atomic E-state index is 0.354. The number of rotatable bonds is 3. The largest absolute Gasteiger partial charge is 0.451 e. The number of ether oxygens (including phenoxy) is 1. The molecule has 0 spiro atoms. The van der Waals surface area contributed by atoms with E-state index in [0.29, 0.717) is 12.0 Å². The quantitative estimate of drug-likeness (QED) is 0.856. The molecule has 3 nitrogen and oxygen atoms in total. The van der Waals surface area contributed by atoms with Gasteiger partial charge in [0.2, 0.25) is 0 Å². The van der Waals surface area contributed by atoms with Gasteiger partial charge in [-0.1, -0.05) is 48.5 Å². The zero-order chi connectivity index (χ0) is 13.2. The monoisotopic (exact) mass is 254 g/mol. The summed E-state index contributed by atoms with van der Waals surface area (Å²) in [5.41, 5.74) is 2.35. The average molecular weight is 254 g/mol. The fourth-order valence-electron chi connectivity index (χ4n) is 2.42. The molecule has 2 aromatic rings. The van der Waals surface area contributed by atoms with Crippen molar-refractivity contribution in [3.63, 3.8) is 0 Å². The third kappa shape index (κ3) is 2.25. The van der Waals surface area contributed by atoms with Crippen LogP contribution >= 0.6 is 0 Å². The van der Waals surface area contributed by atoms with Gasteiger partial charge in [0.1, 0.15) is 0 Å². The van der Waals surface area contributed by atoms with E-state index in [2.05, 4.69) is 0 Å². The molecule has 0 saturated heterocycles. The zero-order valence-corrected chi connectivity index (χ0v) is 10.3. The molecule has 96 valence electrons. The van der Waals surface area contributed by atoms with Crippen LogP contribution in [0.3, 0.4) is 0 Å². The number of carbonyl (C=O) groups excluding carboxylic acids is 1. The molecule has 0 radical (unpaired) electrons. The lowest BCUT2D eigenvalue weighted by atomic mass is 9.97. The van der Waals surface area contributed by atoms with Crippen LogP contribution in [0.25, 0.3) is 0 Å². The maximum Gasteiger partial charge on any atom is 0.339 e. The van der Waals surface area contributed by atoms with Crippen molar-refractivity contribution in [3.05, 3.63) is 71.3 Å². The van der Waals surface area contributed by atoms with Gasteiger partial charge in [-0.2, -0.15) is 0 Å². The highest BCUT2D eigenvalue weighted by Gasteiger charge is 2.35. The summed E-state index contributed by atoms with van der Waals surface area (Å²) in [6, 6.07) is 16.9. The minimum Gasteiger partial charge on any atom is -0.451 e. The van der Waals surface area contributed by atoms with Crippen LogP contribution in [-0.4, -0.2) is 17.2 Å². The van der Waals surface area contributed by atoms with Gasteiger partial charge >= 0.3 is 5.97 Å². The molecule has 2 aromatic carbocycles. The molecule has 3 rings (SSSR count). The summed E-state index contributed by atoms with van der Waals surface area (Å²) in [5.74, 6) is -0.354. The molecule has 1 N–H and O–H groups in total. The zero-order valence-electron chi connectivity index (χ0n) is 10.3. The fourth-order valence-corrected chi connectivity index (χ4v) is 2.42. The first-order valence-electron chi connectivity index (χ1n) is 6.27. The van der Waals surface area contributed by atoms with Crippen LogP contribution in [0.1, 0.15) is 27.6 Å². The maximum absolute atomic E-state index is 11.7. The lowest BCUT2D eigenvalue weighted by Gasteiger charge is -2.18. The summed E-state index contributed by atoms with van der Waals surface area (Å²) in [6.07, 6.45) is -0.827. The number of benzene rings is 2. The molecule has 0 amide bonds. The van der Waals surface area contributed by atoms with E-state index in [1.807, 2.05) is 42.5 Å². The van der Waals surface area contributed by atoms with Gasteiger partial charge in [0.15, 0.2) is 6.10 Å². The van der Waals surface area contributed by atoms with E-state index in [-0.39, 0.29) is 5.97 Å². The summed E-state index contributed by atoms with van der Waals surface area (Å²) in [6.45, 7) is 0. The molecular weight excluding hydrogens is 240 g/mol. The number of esters is 1. The van der Waals surface area contributed by atoms with Crippen molar-refractivity contribution in [2.24, 2.45) is 0 Å². The molecule has 0 fully saturated rings. The van der Waals surface area contributed by atoms with Gasteiger partial charge in [0.25, 0.3) is 0 Å². The Balaban J connectivity index is 1.82. The van der Waals surface area contributed by atoms with Crippen LogP contribution in [0.15, 0.2) is 54.6 Å². The minimum atomic E-state index is -0.727. The molecule has 19 heavy (non-hydrogen) atoms. The second kappa shape index (κ2) is 4.86. The van der Waals surface area contributed by atoms with Gasteiger partial charge in [0, 0.05) is 12.0 Å². The third-order valence-corrected chi connectivity index (χ3v) is 3.36. The molecular formula is C16H14O3. The van der Waals surface area contributed by atoms with Crippen LogP contribution in [0, 0.1) is 0 Å². The number of aliphatic hydroxyl groups excluding tert-OH is 1. The van der Waals surface area contributed by atoms with Gasteiger partial charge in [-0.15, -0.1) is 0 Å². The van der Waals surface area contributed by atoms with Gasteiger partial charge < -0.3 is 9.84 Å². The van der Waals surface area contributed by atoms with Crippen molar-refractivity contribution in [1.82, 2.24) is 0 Å². The Kier molecular flexibility index (Phi) is 3.05. The van der Waals surface area contributed by atoms with Crippen molar-refractivity contribution in [2.45, 2.75) is 18.6 Å². The first-order valence-corrected chi connectivity index (χ1v) is 6.27. The van der Waals surface area contributed by atoms with Gasteiger partial charge in [-0.25, -0.2) is 4.79 Å². The van der Waals surface area contributed by atoms with Crippen LogP contribution in [-0.2, 0) is 11.2 Å². The summed E-state index contributed by atoms with van der Waals surface area (Å²) >= 11 is 0. The van der Waals surface area contributed by atoms with Crippen molar-refractivity contribution in [2.75, 3.05) is 0 Å². The fraction of sp³-hybridized carbons (Fsp3) is 0.188. The Morgan fingerprint density at radius 2 is 1.74 bits per heavy atom.